The van der Waals surface area contributed by atoms with Crippen LogP contribution in [0.4, 0.5) is 0 Å². The van der Waals surface area contributed by atoms with Crippen LogP contribution in [0, 0.1) is 18.3 Å². The van der Waals surface area contributed by atoms with Gasteiger partial charge in [-0.2, -0.15) is 5.26 Å². The van der Waals surface area contributed by atoms with Crippen molar-refractivity contribution in [1.29, 1.82) is 5.26 Å². The predicted octanol–water partition coefficient (Wildman–Crippen LogP) is 3.59. The van der Waals surface area contributed by atoms with Crippen LogP contribution in [-0.2, 0) is 10.0 Å². The Bertz CT molecular complexity index is 399. The summed E-state index contributed by atoms with van der Waals surface area (Å²) in [4.78, 5) is 0. The van der Waals surface area contributed by atoms with Gasteiger partial charge in [0.1, 0.15) is 6.07 Å². The Morgan fingerprint density at radius 1 is 1.19 bits per heavy atom. The summed E-state index contributed by atoms with van der Waals surface area (Å²) in [6, 6.07) is 10.2. The lowest BCUT2D eigenvalue weighted by molar-refractivity contribution is 0.141. The van der Waals surface area contributed by atoms with Crippen molar-refractivity contribution in [2.75, 3.05) is 0 Å². The normalized spacial score (nSPS) is 15.2. The Balaban J connectivity index is 3.06. The summed E-state index contributed by atoms with van der Waals surface area (Å²) < 4.78 is 5.98. The van der Waals surface area contributed by atoms with E-state index in [-0.39, 0.29) is 0 Å². The van der Waals surface area contributed by atoms with Gasteiger partial charge in [-0.15, -0.1) is 0 Å². The third-order valence-corrected chi connectivity index (χ3v) is 3.35. The summed E-state index contributed by atoms with van der Waals surface area (Å²) in [5.41, 5.74) is 1.30. The van der Waals surface area contributed by atoms with Crippen molar-refractivity contribution in [3.05, 3.63) is 35.4 Å². The quantitative estimate of drug-likeness (QED) is 0.747. The number of nitriles is 1. The summed E-state index contributed by atoms with van der Waals surface area (Å²) in [7, 11) is -1.73. The maximum atomic E-state index is 9.32. The standard InChI is InChI=1S/C13H19NOSi/c1-11-6-8-12(9-7-11)13(2,10-14)15-16(3,4)5/h6-9H,1-5H3/t13-/m0/s1. The molecule has 0 saturated heterocycles. The van der Waals surface area contributed by atoms with Crippen LogP contribution in [-0.4, -0.2) is 8.32 Å². The van der Waals surface area contributed by atoms with Crippen LogP contribution in [0.5, 0.6) is 0 Å². The zero-order valence-electron chi connectivity index (χ0n) is 10.7. The van der Waals surface area contributed by atoms with Crippen molar-refractivity contribution in [1.82, 2.24) is 0 Å². The first-order valence-electron chi connectivity index (χ1n) is 5.45. The van der Waals surface area contributed by atoms with Crippen molar-refractivity contribution >= 4 is 8.32 Å². The van der Waals surface area contributed by atoms with Crippen molar-refractivity contribution in [2.45, 2.75) is 39.1 Å². The molecule has 1 aromatic rings. The molecule has 0 fully saturated rings. The maximum Gasteiger partial charge on any atom is 0.186 e. The molecule has 86 valence electrons. The van der Waals surface area contributed by atoms with E-state index < -0.39 is 13.9 Å². The average molecular weight is 233 g/mol. The van der Waals surface area contributed by atoms with E-state index in [9.17, 15) is 5.26 Å². The molecule has 0 aliphatic rings. The number of hydrogen-bond donors (Lipinski definition) is 0. The fourth-order valence-corrected chi connectivity index (χ4v) is 3.02. The minimum absolute atomic E-state index is 0.821. The van der Waals surface area contributed by atoms with E-state index in [0.29, 0.717) is 0 Å². The molecule has 0 N–H and O–H groups in total. The average Bonchev–Trinajstić information content (AvgIpc) is 2.16. The molecular weight excluding hydrogens is 214 g/mol. The predicted molar refractivity (Wildman–Crippen MR) is 68.6 cm³/mol. The highest BCUT2D eigenvalue weighted by molar-refractivity contribution is 6.69. The van der Waals surface area contributed by atoms with Gasteiger partial charge in [-0.1, -0.05) is 29.8 Å². The summed E-state index contributed by atoms with van der Waals surface area (Å²) in [6.07, 6.45) is 0. The van der Waals surface area contributed by atoms with Gasteiger partial charge in [-0.05, 0) is 39.1 Å². The Labute approximate surface area is 99.0 Å². The van der Waals surface area contributed by atoms with E-state index >= 15 is 0 Å². The van der Waals surface area contributed by atoms with Crippen LogP contribution >= 0.6 is 0 Å². The van der Waals surface area contributed by atoms with Gasteiger partial charge in [0.15, 0.2) is 13.9 Å². The molecule has 0 heterocycles. The molecule has 3 heteroatoms. The summed E-state index contributed by atoms with van der Waals surface area (Å²) in [5.74, 6) is 0. The van der Waals surface area contributed by atoms with E-state index in [0.717, 1.165) is 5.56 Å². The first kappa shape index (κ1) is 13.0. The maximum absolute atomic E-state index is 9.32. The lowest BCUT2D eigenvalue weighted by Crippen LogP contribution is -2.37. The Kier molecular flexibility index (Phi) is 3.56. The van der Waals surface area contributed by atoms with E-state index in [1.165, 1.54) is 5.56 Å². The number of hydrogen-bond acceptors (Lipinski definition) is 2. The topological polar surface area (TPSA) is 33.0 Å². The molecule has 1 rings (SSSR count). The Morgan fingerprint density at radius 3 is 2.06 bits per heavy atom. The zero-order chi connectivity index (χ0) is 12.4. The Hall–Kier alpha value is -1.11. The van der Waals surface area contributed by atoms with Gasteiger partial charge in [0.05, 0.1) is 0 Å². The van der Waals surface area contributed by atoms with Crippen LogP contribution in [0.3, 0.4) is 0 Å². The molecule has 0 amide bonds. The third-order valence-electron chi connectivity index (χ3n) is 2.33. The molecule has 16 heavy (non-hydrogen) atoms. The third kappa shape index (κ3) is 3.19. The molecule has 0 aliphatic heterocycles. The zero-order valence-corrected chi connectivity index (χ0v) is 11.7. The summed E-state index contributed by atoms with van der Waals surface area (Å²) in [5, 5.41) is 9.32. The van der Waals surface area contributed by atoms with Crippen molar-refractivity contribution < 1.29 is 4.43 Å². The molecule has 0 saturated carbocycles. The second-order valence-electron chi connectivity index (χ2n) is 5.23. The van der Waals surface area contributed by atoms with E-state index in [1.54, 1.807) is 0 Å². The molecule has 0 aromatic heterocycles. The highest BCUT2D eigenvalue weighted by Crippen LogP contribution is 2.28. The molecule has 0 unspecified atom stereocenters. The van der Waals surface area contributed by atoms with Gasteiger partial charge in [-0.3, -0.25) is 0 Å². The minimum atomic E-state index is -1.73. The fourth-order valence-electron chi connectivity index (χ4n) is 1.63. The highest BCUT2D eigenvalue weighted by atomic mass is 28.4. The van der Waals surface area contributed by atoms with Crippen molar-refractivity contribution in [2.24, 2.45) is 0 Å². The van der Waals surface area contributed by atoms with Gasteiger partial charge in [0.25, 0.3) is 0 Å². The summed E-state index contributed by atoms with van der Waals surface area (Å²) in [6.45, 7) is 10.2. The molecule has 1 aromatic carbocycles. The lowest BCUT2D eigenvalue weighted by atomic mass is 9.97. The van der Waals surface area contributed by atoms with Gasteiger partial charge in [0.2, 0.25) is 0 Å². The smallest absolute Gasteiger partial charge is 0.186 e. The monoisotopic (exact) mass is 233 g/mol. The first-order chi connectivity index (χ1) is 7.27. The SMILES string of the molecule is Cc1ccc([C@](C)(C#N)O[Si](C)(C)C)cc1. The second kappa shape index (κ2) is 4.40. The number of benzene rings is 1. The number of aryl methyl sites for hydroxylation is 1. The molecule has 0 radical (unpaired) electrons. The van der Waals surface area contributed by atoms with E-state index in [4.69, 9.17) is 4.43 Å². The molecule has 1 atom stereocenters. The number of rotatable bonds is 3. The van der Waals surface area contributed by atoms with Crippen LogP contribution in [0.2, 0.25) is 19.6 Å². The largest absolute Gasteiger partial charge is 0.397 e. The Morgan fingerprint density at radius 2 is 1.69 bits per heavy atom. The molecular formula is C13H19NOSi. The molecule has 0 aliphatic carbocycles. The van der Waals surface area contributed by atoms with Crippen molar-refractivity contribution in [3.8, 4) is 6.07 Å². The van der Waals surface area contributed by atoms with Gasteiger partial charge < -0.3 is 4.43 Å². The van der Waals surface area contributed by atoms with Gasteiger partial charge >= 0.3 is 0 Å². The van der Waals surface area contributed by atoms with E-state index in [2.05, 4.69) is 25.7 Å². The van der Waals surface area contributed by atoms with Crippen LogP contribution in [0.1, 0.15) is 18.1 Å². The molecule has 0 bridgehead atoms. The fraction of sp³-hybridized carbons (Fsp3) is 0.462. The lowest BCUT2D eigenvalue weighted by Gasteiger charge is -2.30. The van der Waals surface area contributed by atoms with Crippen LogP contribution in [0.25, 0.3) is 0 Å². The van der Waals surface area contributed by atoms with Crippen LogP contribution in [0.15, 0.2) is 24.3 Å². The van der Waals surface area contributed by atoms with Crippen LogP contribution < -0.4 is 0 Å². The summed E-state index contributed by atoms with van der Waals surface area (Å²) >= 11 is 0. The van der Waals surface area contributed by atoms with E-state index in [1.807, 2.05) is 38.1 Å². The molecule has 2 nitrogen and oxygen atoms in total. The molecule has 0 spiro atoms. The van der Waals surface area contributed by atoms with Gasteiger partial charge in [-0.25, -0.2) is 0 Å². The highest BCUT2D eigenvalue weighted by Gasteiger charge is 2.33. The second-order valence-corrected chi connectivity index (χ2v) is 9.65. The number of nitrogens with zero attached hydrogens (tertiary/aromatic N) is 1. The minimum Gasteiger partial charge on any atom is -0.397 e. The first-order valence-corrected chi connectivity index (χ1v) is 8.86. The van der Waals surface area contributed by atoms with Crippen molar-refractivity contribution in [3.63, 3.8) is 0 Å². The van der Waals surface area contributed by atoms with Gasteiger partial charge in [0, 0.05) is 0 Å².